The lowest BCUT2D eigenvalue weighted by Crippen LogP contribution is -2.51. The van der Waals surface area contributed by atoms with E-state index < -0.39 is 0 Å². The summed E-state index contributed by atoms with van der Waals surface area (Å²) in [4.78, 5) is 17.3. The molecule has 3 rings (SSSR count). The summed E-state index contributed by atoms with van der Waals surface area (Å²) in [5.74, 6) is 0.740. The van der Waals surface area contributed by atoms with Crippen LogP contribution in [0.5, 0.6) is 0 Å². The van der Waals surface area contributed by atoms with Crippen molar-refractivity contribution in [1.82, 2.24) is 9.80 Å². The summed E-state index contributed by atoms with van der Waals surface area (Å²) >= 11 is 0. The van der Waals surface area contributed by atoms with E-state index in [2.05, 4.69) is 47.9 Å². The van der Waals surface area contributed by atoms with E-state index in [0.29, 0.717) is 18.2 Å². The van der Waals surface area contributed by atoms with Crippen molar-refractivity contribution in [3.8, 4) is 0 Å². The minimum absolute atomic E-state index is 0.229. The summed E-state index contributed by atoms with van der Waals surface area (Å²) in [6.07, 6.45) is 3.33. The Morgan fingerprint density at radius 1 is 1.19 bits per heavy atom. The fourth-order valence-electron chi connectivity index (χ4n) is 3.30. The summed E-state index contributed by atoms with van der Waals surface area (Å²) in [6, 6.07) is 11.5. The van der Waals surface area contributed by atoms with E-state index in [4.69, 9.17) is 0 Å². The average molecular weight is 286 g/mol. The highest BCUT2D eigenvalue weighted by Gasteiger charge is 2.37. The number of amides is 1. The van der Waals surface area contributed by atoms with Crippen molar-refractivity contribution in [2.45, 2.75) is 45.2 Å². The Morgan fingerprint density at radius 2 is 1.90 bits per heavy atom. The van der Waals surface area contributed by atoms with Gasteiger partial charge in [-0.3, -0.25) is 9.69 Å². The Morgan fingerprint density at radius 3 is 2.52 bits per heavy atom. The van der Waals surface area contributed by atoms with Gasteiger partial charge in [0.1, 0.15) is 0 Å². The molecule has 0 bridgehead atoms. The first-order chi connectivity index (χ1) is 10.1. The van der Waals surface area contributed by atoms with Crippen molar-refractivity contribution in [2.75, 3.05) is 19.6 Å². The van der Waals surface area contributed by atoms with Gasteiger partial charge in [-0.2, -0.15) is 0 Å². The predicted molar refractivity (Wildman–Crippen MR) is 84.9 cm³/mol. The first-order valence-corrected chi connectivity index (χ1v) is 8.23. The molecule has 2 fully saturated rings. The molecule has 114 valence electrons. The number of hydrogen-bond donors (Lipinski definition) is 0. The monoisotopic (exact) mass is 286 g/mol. The van der Waals surface area contributed by atoms with E-state index in [1.807, 2.05) is 6.07 Å². The third-order valence-electron chi connectivity index (χ3n) is 4.56. The van der Waals surface area contributed by atoms with Gasteiger partial charge < -0.3 is 4.90 Å². The van der Waals surface area contributed by atoms with Crippen molar-refractivity contribution in [2.24, 2.45) is 5.92 Å². The molecule has 3 heteroatoms. The molecule has 1 heterocycles. The molecule has 1 unspecified atom stereocenters. The van der Waals surface area contributed by atoms with Crippen LogP contribution in [0, 0.1) is 5.92 Å². The van der Waals surface area contributed by atoms with Gasteiger partial charge in [-0.1, -0.05) is 44.2 Å². The number of piperazine rings is 1. The van der Waals surface area contributed by atoms with Crippen LogP contribution in [0.4, 0.5) is 0 Å². The van der Waals surface area contributed by atoms with Crippen molar-refractivity contribution < 1.29 is 4.79 Å². The molecule has 2 aliphatic rings. The summed E-state index contributed by atoms with van der Waals surface area (Å²) in [6.45, 7) is 7.16. The molecule has 0 N–H and O–H groups in total. The second-order valence-corrected chi connectivity index (χ2v) is 6.84. The molecule has 1 saturated heterocycles. The highest BCUT2D eigenvalue weighted by Crippen LogP contribution is 2.33. The lowest BCUT2D eigenvalue weighted by atomic mass is 10.0. The smallest absolute Gasteiger partial charge is 0.223 e. The Bertz CT molecular complexity index is 481. The highest BCUT2D eigenvalue weighted by atomic mass is 16.2. The van der Waals surface area contributed by atoms with Gasteiger partial charge >= 0.3 is 0 Å². The molecular weight excluding hydrogens is 260 g/mol. The van der Waals surface area contributed by atoms with Gasteiger partial charge in [-0.05, 0) is 24.3 Å². The van der Waals surface area contributed by atoms with E-state index in [9.17, 15) is 4.79 Å². The molecule has 1 atom stereocenters. The largest absolute Gasteiger partial charge is 0.333 e. The van der Waals surface area contributed by atoms with Gasteiger partial charge in [0, 0.05) is 32.1 Å². The number of nitrogens with zero attached hydrogens (tertiary/aromatic N) is 2. The maximum atomic E-state index is 12.6. The molecule has 0 spiro atoms. The van der Waals surface area contributed by atoms with Crippen LogP contribution >= 0.6 is 0 Å². The van der Waals surface area contributed by atoms with Crippen LogP contribution in [0.25, 0.3) is 0 Å². The topological polar surface area (TPSA) is 23.6 Å². The Labute approximate surface area is 127 Å². The van der Waals surface area contributed by atoms with Crippen molar-refractivity contribution in [1.29, 1.82) is 0 Å². The van der Waals surface area contributed by atoms with Gasteiger partial charge in [0.05, 0.1) is 6.04 Å². The Balaban J connectivity index is 1.78. The minimum Gasteiger partial charge on any atom is -0.333 e. The number of benzene rings is 1. The van der Waals surface area contributed by atoms with Crippen LogP contribution < -0.4 is 0 Å². The van der Waals surface area contributed by atoms with Gasteiger partial charge in [0.15, 0.2) is 0 Å². The Kier molecular flexibility index (Phi) is 4.29. The van der Waals surface area contributed by atoms with Gasteiger partial charge in [0.25, 0.3) is 0 Å². The van der Waals surface area contributed by atoms with E-state index in [0.717, 1.165) is 25.7 Å². The van der Waals surface area contributed by atoms with E-state index in [1.165, 1.54) is 18.4 Å². The van der Waals surface area contributed by atoms with Crippen molar-refractivity contribution in [3.63, 3.8) is 0 Å². The zero-order valence-corrected chi connectivity index (χ0v) is 13.2. The SMILES string of the molecule is CC(C)CC(=O)N1CCN(C2CC2)CC1c1ccccc1. The molecule has 21 heavy (non-hydrogen) atoms. The molecule has 0 radical (unpaired) electrons. The van der Waals surface area contributed by atoms with Crippen LogP contribution in [0.15, 0.2) is 30.3 Å². The fraction of sp³-hybridized carbons (Fsp3) is 0.611. The summed E-state index contributed by atoms with van der Waals surface area (Å²) < 4.78 is 0. The first-order valence-electron chi connectivity index (χ1n) is 8.23. The zero-order chi connectivity index (χ0) is 14.8. The molecule has 1 aromatic rings. The van der Waals surface area contributed by atoms with E-state index >= 15 is 0 Å². The predicted octanol–water partition coefficient (Wildman–Crippen LogP) is 3.08. The lowest BCUT2D eigenvalue weighted by Gasteiger charge is -2.42. The second-order valence-electron chi connectivity index (χ2n) is 6.84. The van der Waals surface area contributed by atoms with Crippen LogP contribution in [0.2, 0.25) is 0 Å². The van der Waals surface area contributed by atoms with Gasteiger partial charge in [-0.15, -0.1) is 0 Å². The normalized spacial score (nSPS) is 23.6. The maximum absolute atomic E-state index is 12.6. The maximum Gasteiger partial charge on any atom is 0.223 e. The fourth-order valence-corrected chi connectivity index (χ4v) is 3.30. The molecule has 3 nitrogen and oxygen atoms in total. The second kappa shape index (κ2) is 6.18. The minimum atomic E-state index is 0.229. The van der Waals surface area contributed by atoms with Crippen LogP contribution in [-0.2, 0) is 4.79 Å². The van der Waals surface area contributed by atoms with Gasteiger partial charge in [0.2, 0.25) is 5.91 Å². The molecule has 1 aromatic carbocycles. The lowest BCUT2D eigenvalue weighted by molar-refractivity contribution is -0.137. The van der Waals surface area contributed by atoms with Crippen LogP contribution in [0.1, 0.15) is 44.7 Å². The molecule has 1 amide bonds. The van der Waals surface area contributed by atoms with E-state index in [1.54, 1.807) is 0 Å². The highest BCUT2D eigenvalue weighted by molar-refractivity contribution is 5.77. The summed E-state index contributed by atoms with van der Waals surface area (Å²) in [7, 11) is 0. The third-order valence-corrected chi connectivity index (χ3v) is 4.56. The standard InChI is InChI=1S/C18H26N2O/c1-14(2)12-18(21)20-11-10-19(16-8-9-16)13-17(20)15-6-4-3-5-7-15/h3-7,14,16-17H,8-13H2,1-2H3. The third kappa shape index (κ3) is 3.46. The average Bonchev–Trinajstić information content (AvgIpc) is 3.31. The molecular formula is C18H26N2O. The summed E-state index contributed by atoms with van der Waals surface area (Å²) in [5, 5.41) is 0. The van der Waals surface area contributed by atoms with Crippen LogP contribution in [0.3, 0.4) is 0 Å². The first kappa shape index (κ1) is 14.6. The number of carbonyl (C=O) groups excluding carboxylic acids is 1. The number of carbonyl (C=O) groups is 1. The number of hydrogen-bond acceptors (Lipinski definition) is 2. The molecule has 1 aliphatic heterocycles. The molecule has 0 aromatic heterocycles. The van der Waals surface area contributed by atoms with Crippen molar-refractivity contribution >= 4 is 5.91 Å². The Hall–Kier alpha value is -1.35. The van der Waals surface area contributed by atoms with Gasteiger partial charge in [-0.25, -0.2) is 0 Å². The summed E-state index contributed by atoms with van der Waals surface area (Å²) in [5.41, 5.74) is 1.28. The van der Waals surface area contributed by atoms with E-state index in [-0.39, 0.29) is 6.04 Å². The zero-order valence-electron chi connectivity index (χ0n) is 13.2. The quantitative estimate of drug-likeness (QED) is 0.849. The number of rotatable bonds is 4. The molecule has 1 saturated carbocycles. The van der Waals surface area contributed by atoms with Crippen molar-refractivity contribution in [3.05, 3.63) is 35.9 Å². The van der Waals surface area contributed by atoms with Crippen LogP contribution in [-0.4, -0.2) is 41.4 Å². The molecule has 1 aliphatic carbocycles.